The van der Waals surface area contributed by atoms with E-state index in [0.717, 1.165) is 12.8 Å². The van der Waals surface area contributed by atoms with E-state index >= 15 is 0 Å². The minimum Gasteiger partial charge on any atom is -0.463 e. The van der Waals surface area contributed by atoms with Gasteiger partial charge in [-0.2, -0.15) is 0 Å². The molecule has 0 heterocycles. The summed E-state index contributed by atoms with van der Waals surface area (Å²) < 4.78 is 5.11. The van der Waals surface area contributed by atoms with Crippen LogP contribution in [-0.4, -0.2) is 23.8 Å². The van der Waals surface area contributed by atoms with Crippen LogP contribution < -0.4 is 0 Å². The highest BCUT2D eigenvalue weighted by atomic mass is 16.5. The number of aliphatic hydroxyl groups is 1. The van der Waals surface area contributed by atoms with Crippen molar-refractivity contribution in [3.8, 4) is 0 Å². The third-order valence-electron chi connectivity index (χ3n) is 3.47. The molecule has 3 heteroatoms. The molecule has 0 saturated heterocycles. The zero-order chi connectivity index (χ0) is 10.8. The van der Waals surface area contributed by atoms with Gasteiger partial charge in [-0.05, 0) is 31.1 Å². The van der Waals surface area contributed by atoms with Crippen LogP contribution in [0, 0.1) is 17.8 Å². The minimum absolute atomic E-state index is 0.0454. The fourth-order valence-electron chi connectivity index (χ4n) is 2.45. The molecule has 0 spiro atoms. The van der Waals surface area contributed by atoms with Gasteiger partial charge in [0.1, 0.15) is 6.61 Å². The maximum atomic E-state index is 11.7. The smallest absolute Gasteiger partial charge is 0.309 e. The Morgan fingerprint density at radius 1 is 1.53 bits per heavy atom. The summed E-state index contributed by atoms with van der Waals surface area (Å²) in [5.74, 6) is 0.897. The number of carbonyl (C=O) groups excluding carboxylic acids is 1. The molecule has 0 radical (unpaired) electrons. The van der Waals surface area contributed by atoms with Crippen LogP contribution in [0.25, 0.3) is 0 Å². The van der Waals surface area contributed by atoms with Gasteiger partial charge in [-0.25, -0.2) is 0 Å². The highest BCUT2D eigenvalue weighted by Gasteiger charge is 2.40. The Labute approximate surface area is 90.1 Å². The lowest BCUT2D eigenvalue weighted by Crippen LogP contribution is -2.25. The average Bonchev–Trinajstić information content (AvgIpc) is 2.86. The number of fused-ring (bicyclic) bond motifs is 2. The first-order chi connectivity index (χ1) is 7.20. The second-order valence-corrected chi connectivity index (χ2v) is 4.58. The maximum absolute atomic E-state index is 11.7. The van der Waals surface area contributed by atoms with Crippen LogP contribution in [0.1, 0.15) is 26.2 Å². The van der Waals surface area contributed by atoms with E-state index in [1.165, 1.54) is 0 Å². The van der Waals surface area contributed by atoms with E-state index in [4.69, 9.17) is 4.74 Å². The average molecular weight is 210 g/mol. The molecule has 1 saturated carbocycles. The van der Waals surface area contributed by atoms with E-state index in [1.807, 2.05) is 6.92 Å². The molecule has 0 aliphatic heterocycles. The molecule has 84 valence electrons. The van der Waals surface area contributed by atoms with E-state index in [0.29, 0.717) is 18.3 Å². The van der Waals surface area contributed by atoms with Crippen molar-refractivity contribution >= 4 is 5.97 Å². The Morgan fingerprint density at radius 2 is 2.33 bits per heavy atom. The predicted octanol–water partition coefficient (Wildman–Crippen LogP) is 1.51. The first-order valence-electron chi connectivity index (χ1n) is 5.73. The van der Waals surface area contributed by atoms with Crippen LogP contribution in [0.4, 0.5) is 0 Å². The molecule has 4 atom stereocenters. The monoisotopic (exact) mass is 210 g/mol. The standard InChI is InChI=1S/C12H18O3/c1-2-10(13)7-15-12(14)11-6-8-3-4-9(11)5-8/h3-4,8-11,13H,2,5-7H2,1H3. The van der Waals surface area contributed by atoms with Crippen LogP contribution in [0.5, 0.6) is 0 Å². The number of carbonyl (C=O) groups is 1. The third-order valence-corrected chi connectivity index (χ3v) is 3.47. The maximum Gasteiger partial charge on any atom is 0.309 e. The SMILES string of the molecule is CCC(O)COC(=O)C1CC2C=CC1C2. The number of esters is 1. The Hall–Kier alpha value is -0.830. The van der Waals surface area contributed by atoms with Gasteiger partial charge in [0, 0.05) is 0 Å². The fraction of sp³-hybridized carbons (Fsp3) is 0.750. The zero-order valence-corrected chi connectivity index (χ0v) is 9.06. The van der Waals surface area contributed by atoms with Crippen LogP contribution in [0.15, 0.2) is 12.2 Å². The molecule has 1 N–H and O–H groups in total. The molecule has 0 aromatic carbocycles. The second-order valence-electron chi connectivity index (χ2n) is 4.58. The lowest BCUT2D eigenvalue weighted by Gasteiger charge is -2.17. The molecular formula is C12H18O3. The summed E-state index contributed by atoms with van der Waals surface area (Å²) in [7, 11) is 0. The van der Waals surface area contributed by atoms with Gasteiger partial charge < -0.3 is 9.84 Å². The summed E-state index contributed by atoms with van der Waals surface area (Å²) in [5.41, 5.74) is 0. The summed E-state index contributed by atoms with van der Waals surface area (Å²) >= 11 is 0. The molecule has 2 rings (SSSR count). The van der Waals surface area contributed by atoms with Gasteiger partial charge in [0.25, 0.3) is 0 Å². The van der Waals surface area contributed by atoms with Gasteiger partial charge in [-0.1, -0.05) is 19.1 Å². The first-order valence-corrected chi connectivity index (χ1v) is 5.73. The van der Waals surface area contributed by atoms with Crippen LogP contribution in [0.3, 0.4) is 0 Å². The highest BCUT2D eigenvalue weighted by molar-refractivity contribution is 5.74. The van der Waals surface area contributed by atoms with E-state index in [-0.39, 0.29) is 18.5 Å². The minimum atomic E-state index is -0.511. The molecule has 0 aromatic heterocycles. The van der Waals surface area contributed by atoms with E-state index in [2.05, 4.69) is 12.2 Å². The zero-order valence-electron chi connectivity index (χ0n) is 9.06. The van der Waals surface area contributed by atoms with Crippen LogP contribution in [-0.2, 0) is 9.53 Å². The van der Waals surface area contributed by atoms with Crippen molar-refractivity contribution in [2.24, 2.45) is 17.8 Å². The van der Waals surface area contributed by atoms with Crippen molar-refractivity contribution in [2.75, 3.05) is 6.61 Å². The topological polar surface area (TPSA) is 46.5 Å². The van der Waals surface area contributed by atoms with Crippen molar-refractivity contribution in [1.82, 2.24) is 0 Å². The molecule has 0 amide bonds. The summed E-state index contributed by atoms with van der Waals surface area (Å²) in [5, 5.41) is 9.29. The van der Waals surface area contributed by atoms with Crippen LogP contribution in [0.2, 0.25) is 0 Å². The summed E-state index contributed by atoms with van der Waals surface area (Å²) in [4.78, 5) is 11.7. The number of hydrogen-bond donors (Lipinski definition) is 1. The lowest BCUT2D eigenvalue weighted by atomic mass is 9.94. The number of ether oxygens (including phenoxy) is 1. The van der Waals surface area contributed by atoms with Gasteiger partial charge in [0.05, 0.1) is 12.0 Å². The number of allylic oxidation sites excluding steroid dienone is 2. The Morgan fingerprint density at radius 3 is 2.87 bits per heavy atom. The third kappa shape index (κ3) is 2.23. The largest absolute Gasteiger partial charge is 0.463 e. The summed E-state index contributed by atoms with van der Waals surface area (Å²) in [6.07, 6.45) is 6.50. The van der Waals surface area contributed by atoms with Crippen LogP contribution >= 0.6 is 0 Å². The lowest BCUT2D eigenvalue weighted by molar-refractivity contribution is -0.152. The van der Waals surface area contributed by atoms with Gasteiger partial charge >= 0.3 is 5.97 Å². The molecule has 2 aliphatic carbocycles. The molecule has 2 bridgehead atoms. The summed E-state index contributed by atoms with van der Waals surface area (Å²) in [6.45, 7) is 2.02. The Kier molecular flexibility index (Phi) is 3.10. The Bertz CT molecular complexity index is 272. The molecule has 15 heavy (non-hydrogen) atoms. The van der Waals surface area contributed by atoms with Gasteiger partial charge in [-0.15, -0.1) is 0 Å². The van der Waals surface area contributed by atoms with Crippen molar-refractivity contribution in [2.45, 2.75) is 32.3 Å². The van der Waals surface area contributed by atoms with Crippen molar-refractivity contribution in [3.05, 3.63) is 12.2 Å². The van der Waals surface area contributed by atoms with Gasteiger partial charge in [0.15, 0.2) is 0 Å². The van der Waals surface area contributed by atoms with Crippen molar-refractivity contribution in [1.29, 1.82) is 0 Å². The van der Waals surface area contributed by atoms with E-state index in [9.17, 15) is 9.90 Å². The first kappa shape index (κ1) is 10.7. The second kappa shape index (κ2) is 4.35. The summed E-state index contributed by atoms with van der Waals surface area (Å²) in [6, 6.07) is 0. The number of aliphatic hydroxyl groups excluding tert-OH is 1. The quantitative estimate of drug-likeness (QED) is 0.565. The van der Waals surface area contributed by atoms with Gasteiger partial charge in [0.2, 0.25) is 0 Å². The normalized spacial score (nSPS) is 34.4. The van der Waals surface area contributed by atoms with E-state index < -0.39 is 6.10 Å². The van der Waals surface area contributed by atoms with E-state index in [1.54, 1.807) is 0 Å². The molecular weight excluding hydrogens is 192 g/mol. The fourth-order valence-corrected chi connectivity index (χ4v) is 2.45. The molecule has 1 fully saturated rings. The number of hydrogen-bond acceptors (Lipinski definition) is 3. The number of rotatable bonds is 4. The van der Waals surface area contributed by atoms with Crippen molar-refractivity contribution in [3.63, 3.8) is 0 Å². The molecule has 3 nitrogen and oxygen atoms in total. The van der Waals surface area contributed by atoms with Gasteiger partial charge in [-0.3, -0.25) is 4.79 Å². The highest BCUT2D eigenvalue weighted by Crippen LogP contribution is 2.43. The Balaban J connectivity index is 1.80. The molecule has 0 aromatic rings. The molecule has 4 unspecified atom stereocenters. The van der Waals surface area contributed by atoms with Crippen molar-refractivity contribution < 1.29 is 14.6 Å². The predicted molar refractivity (Wildman–Crippen MR) is 56.1 cm³/mol. The molecule has 2 aliphatic rings.